The molecule has 3 aromatic rings. The van der Waals surface area contributed by atoms with Crippen LogP contribution in [-0.2, 0) is 4.79 Å². The number of rotatable bonds is 5. The zero-order chi connectivity index (χ0) is 23.0. The summed E-state index contributed by atoms with van der Waals surface area (Å²) in [5.41, 5.74) is 3.85. The number of fused-ring (bicyclic) bond motifs is 1. The van der Waals surface area contributed by atoms with Gasteiger partial charge in [0.2, 0.25) is 11.1 Å². The van der Waals surface area contributed by atoms with Crippen LogP contribution in [-0.4, -0.2) is 43.2 Å². The first kappa shape index (κ1) is 22.2. The molecule has 0 fully saturated rings. The highest BCUT2D eigenvalue weighted by atomic mass is 32.2. The monoisotopic (exact) mass is 449 g/mol. The number of carbonyl (C=O) groups is 2. The summed E-state index contributed by atoms with van der Waals surface area (Å²) in [6.07, 6.45) is 0.818. The van der Waals surface area contributed by atoms with Crippen molar-refractivity contribution < 1.29 is 9.59 Å². The number of Topliss-reactive ketones (excluding diaryl/α,β-unsaturated/α-hetero) is 1. The van der Waals surface area contributed by atoms with E-state index in [9.17, 15) is 9.59 Å². The van der Waals surface area contributed by atoms with Crippen molar-refractivity contribution >= 4 is 29.1 Å². The van der Waals surface area contributed by atoms with Crippen LogP contribution in [0.1, 0.15) is 61.5 Å². The molecule has 1 amide bonds. The van der Waals surface area contributed by atoms with Crippen molar-refractivity contribution in [3.63, 3.8) is 0 Å². The molecule has 0 saturated carbocycles. The fourth-order valence-electron chi connectivity index (χ4n) is 4.61. The maximum Gasteiger partial charge on any atom is 0.237 e. The van der Waals surface area contributed by atoms with Crippen LogP contribution in [0.25, 0.3) is 5.69 Å². The summed E-state index contributed by atoms with van der Waals surface area (Å²) in [7, 11) is 0. The number of anilines is 1. The SMILES string of the molecule is CC(=O)c1cc(C)cc2c1N(C(=O)CSc1nnnn1-c1ccccc1)C(C)(C)C[C@H]2C. The standard InChI is InChI=1S/C24H27N5O2S/c1-15-11-19-16(2)13-24(4,5)28(22(19)20(12-15)17(3)30)21(31)14-32-23-25-26-27-29(23)18-9-7-6-8-10-18/h6-12,16H,13-14H2,1-5H3/t16-/m1/s1. The number of hydrogen-bond acceptors (Lipinski definition) is 6. The smallest absolute Gasteiger partial charge is 0.237 e. The number of carbonyl (C=O) groups excluding carboxylic acids is 2. The average molecular weight is 450 g/mol. The highest BCUT2D eigenvalue weighted by Gasteiger charge is 2.41. The topological polar surface area (TPSA) is 81.0 Å². The van der Waals surface area contributed by atoms with E-state index in [-0.39, 0.29) is 23.4 Å². The highest BCUT2D eigenvalue weighted by Crippen LogP contribution is 2.46. The first-order valence-electron chi connectivity index (χ1n) is 10.6. The summed E-state index contributed by atoms with van der Waals surface area (Å²) < 4.78 is 1.62. The van der Waals surface area contributed by atoms with Gasteiger partial charge in [0.25, 0.3) is 0 Å². The van der Waals surface area contributed by atoms with E-state index in [0.29, 0.717) is 10.7 Å². The predicted molar refractivity (Wildman–Crippen MR) is 126 cm³/mol. The Morgan fingerprint density at radius 1 is 1.19 bits per heavy atom. The Balaban J connectivity index is 1.67. The minimum absolute atomic E-state index is 0.0340. The molecule has 0 unspecified atom stereocenters. The lowest BCUT2D eigenvalue weighted by atomic mass is 9.78. The van der Waals surface area contributed by atoms with Crippen molar-refractivity contribution in [3.8, 4) is 5.69 Å². The molecular weight excluding hydrogens is 422 g/mol. The number of aromatic nitrogens is 4. The van der Waals surface area contributed by atoms with Gasteiger partial charge >= 0.3 is 0 Å². The van der Waals surface area contributed by atoms with Gasteiger partial charge in [-0.25, -0.2) is 0 Å². The van der Waals surface area contributed by atoms with Crippen molar-refractivity contribution in [2.75, 3.05) is 10.7 Å². The first-order chi connectivity index (χ1) is 15.2. The molecular formula is C24H27N5O2S. The summed E-state index contributed by atoms with van der Waals surface area (Å²) in [6, 6.07) is 13.6. The van der Waals surface area contributed by atoms with Gasteiger partial charge in [0.1, 0.15) is 0 Å². The molecule has 0 aliphatic carbocycles. The lowest BCUT2D eigenvalue weighted by molar-refractivity contribution is -0.117. The first-order valence-corrected chi connectivity index (χ1v) is 11.6. The molecule has 2 aromatic carbocycles. The van der Waals surface area contributed by atoms with E-state index in [1.54, 1.807) is 11.6 Å². The minimum Gasteiger partial charge on any atom is -0.305 e. The zero-order valence-electron chi connectivity index (χ0n) is 19.0. The third kappa shape index (κ3) is 4.07. The number of thioether (sulfide) groups is 1. The Bertz CT molecular complexity index is 1170. The van der Waals surface area contributed by atoms with Crippen LogP contribution in [0.3, 0.4) is 0 Å². The van der Waals surface area contributed by atoms with Crippen LogP contribution in [0, 0.1) is 6.92 Å². The fourth-order valence-corrected chi connectivity index (χ4v) is 5.35. The predicted octanol–water partition coefficient (Wildman–Crippen LogP) is 4.58. The molecule has 8 heteroatoms. The summed E-state index contributed by atoms with van der Waals surface area (Å²) in [4.78, 5) is 28.0. The van der Waals surface area contributed by atoms with E-state index in [0.717, 1.165) is 28.9 Å². The van der Waals surface area contributed by atoms with Crippen molar-refractivity contribution in [3.05, 3.63) is 59.2 Å². The highest BCUT2D eigenvalue weighted by molar-refractivity contribution is 7.99. The van der Waals surface area contributed by atoms with Crippen LogP contribution in [0.2, 0.25) is 0 Å². The van der Waals surface area contributed by atoms with E-state index in [1.165, 1.54) is 11.8 Å². The Hall–Kier alpha value is -3.00. The van der Waals surface area contributed by atoms with E-state index in [4.69, 9.17) is 0 Å². The van der Waals surface area contributed by atoms with E-state index < -0.39 is 5.54 Å². The summed E-state index contributed by atoms with van der Waals surface area (Å²) in [5.74, 6) is 0.311. The van der Waals surface area contributed by atoms with Crippen LogP contribution < -0.4 is 4.90 Å². The van der Waals surface area contributed by atoms with Gasteiger partial charge in [-0.3, -0.25) is 9.59 Å². The lowest BCUT2D eigenvalue weighted by Crippen LogP contribution is -2.53. The van der Waals surface area contributed by atoms with Gasteiger partial charge in [0.05, 0.1) is 17.1 Å². The largest absolute Gasteiger partial charge is 0.305 e. The summed E-state index contributed by atoms with van der Waals surface area (Å²) in [6.45, 7) is 9.84. The van der Waals surface area contributed by atoms with Crippen molar-refractivity contribution in [1.82, 2.24) is 20.2 Å². The fraction of sp³-hybridized carbons (Fsp3) is 0.375. The quantitative estimate of drug-likeness (QED) is 0.419. The van der Waals surface area contributed by atoms with Crippen LogP contribution in [0.5, 0.6) is 0 Å². The number of ketones is 1. The molecule has 1 aromatic heterocycles. The molecule has 0 bridgehead atoms. The lowest BCUT2D eigenvalue weighted by Gasteiger charge is -2.47. The van der Waals surface area contributed by atoms with Crippen molar-refractivity contribution in [2.24, 2.45) is 0 Å². The number of hydrogen-bond donors (Lipinski definition) is 0. The van der Waals surface area contributed by atoms with Gasteiger partial charge in [0, 0.05) is 11.1 Å². The second-order valence-electron chi connectivity index (χ2n) is 8.95. The third-order valence-electron chi connectivity index (χ3n) is 5.84. The Morgan fingerprint density at radius 2 is 1.91 bits per heavy atom. The normalized spacial score (nSPS) is 17.2. The molecule has 1 aliphatic rings. The molecule has 2 heterocycles. The number of para-hydroxylation sites is 1. The summed E-state index contributed by atoms with van der Waals surface area (Å²) in [5, 5.41) is 12.5. The molecule has 32 heavy (non-hydrogen) atoms. The maximum atomic E-state index is 13.6. The molecule has 0 radical (unpaired) electrons. The molecule has 4 rings (SSSR count). The Morgan fingerprint density at radius 3 is 2.59 bits per heavy atom. The number of benzene rings is 2. The maximum absolute atomic E-state index is 13.6. The molecule has 0 N–H and O–H groups in total. The van der Waals surface area contributed by atoms with E-state index >= 15 is 0 Å². The Kier molecular flexibility index (Phi) is 5.90. The van der Waals surface area contributed by atoms with Crippen LogP contribution >= 0.6 is 11.8 Å². The molecule has 7 nitrogen and oxygen atoms in total. The van der Waals surface area contributed by atoms with Gasteiger partial charge in [-0.1, -0.05) is 43.0 Å². The van der Waals surface area contributed by atoms with Crippen molar-refractivity contribution in [1.29, 1.82) is 0 Å². The van der Waals surface area contributed by atoms with Gasteiger partial charge in [-0.05, 0) is 79.8 Å². The molecule has 1 aliphatic heterocycles. The molecule has 0 spiro atoms. The van der Waals surface area contributed by atoms with Gasteiger partial charge in [-0.2, -0.15) is 4.68 Å². The second kappa shape index (κ2) is 8.50. The second-order valence-corrected chi connectivity index (χ2v) is 9.89. The van der Waals surface area contributed by atoms with Gasteiger partial charge in [-0.15, -0.1) is 5.10 Å². The zero-order valence-corrected chi connectivity index (χ0v) is 19.8. The number of nitrogens with zero attached hydrogens (tertiary/aromatic N) is 5. The van der Waals surface area contributed by atoms with Gasteiger partial charge < -0.3 is 4.90 Å². The van der Waals surface area contributed by atoms with E-state index in [1.807, 2.05) is 48.2 Å². The van der Waals surface area contributed by atoms with Gasteiger partial charge in [0.15, 0.2) is 5.78 Å². The van der Waals surface area contributed by atoms with Crippen LogP contribution in [0.15, 0.2) is 47.6 Å². The molecule has 166 valence electrons. The number of tetrazole rings is 1. The number of aryl methyl sites for hydroxylation is 1. The van der Waals surface area contributed by atoms with Crippen LogP contribution in [0.4, 0.5) is 5.69 Å². The Labute approximate surface area is 192 Å². The minimum atomic E-state index is -0.422. The summed E-state index contributed by atoms with van der Waals surface area (Å²) >= 11 is 1.29. The number of amides is 1. The van der Waals surface area contributed by atoms with E-state index in [2.05, 4.69) is 42.4 Å². The van der Waals surface area contributed by atoms with Crippen molar-refractivity contribution in [2.45, 2.75) is 57.7 Å². The average Bonchev–Trinajstić information content (AvgIpc) is 3.21. The third-order valence-corrected chi connectivity index (χ3v) is 6.75. The molecule has 1 atom stereocenters. The molecule has 0 saturated heterocycles.